The van der Waals surface area contributed by atoms with Crippen molar-refractivity contribution in [1.82, 2.24) is 19.7 Å². The molecule has 0 unspecified atom stereocenters. The maximum absolute atomic E-state index is 12.9. The summed E-state index contributed by atoms with van der Waals surface area (Å²) >= 11 is 0. The van der Waals surface area contributed by atoms with E-state index in [2.05, 4.69) is 51.6 Å². The zero-order valence-electron chi connectivity index (χ0n) is 18.6. The molecule has 3 heterocycles. The van der Waals surface area contributed by atoms with E-state index in [0.717, 1.165) is 50.6 Å². The first-order chi connectivity index (χ1) is 15.6. The molecular formula is C25H29N5O2. The molecule has 1 amide bonds. The van der Waals surface area contributed by atoms with Gasteiger partial charge in [0, 0.05) is 38.3 Å². The highest BCUT2D eigenvalue weighted by Gasteiger charge is 2.39. The van der Waals surface area contributed by atoms with Gasteiger partial charge < -0.3 is 14.6 Å². The number of aromatic nitrogens is 3. The molecule has 7 nitrogen and oxygen atoms in total. The fourth-order valence-electron chi connectivity index (χ4n) is 4.92. The van der Waals surface area contributed by atoms with Crippen LogP contribution in [0.15, 0.2) is 48.5 Å². The van der Waals surface area contributed by atoms with Crippen LogP contribution in [0.3, 0.4) is 0 Å². The third kappa shape index (κ3) is 4.12. The third-order valence-electron chi connectivity index (χ3n) is 6.73. The average molecular weight is 432 g/mol. The predicted molar refractivity (Wildman–Crippen MR) is 123 cm³/mol. The first-order valence-electron chi connectivity index (χ1n) is 11.3. The quantitative estimate of drug-likeness (QED) is 0.648. The van der Waals surface area contributed by atoms with Gasteiger partial charge in [-0.3, -0.25) is 9.69 Å². The second-order valence-corrected chi connectivity index (χ2v) is 8.82. The Kier molecular flexibility index (Phi) is 5.66. The molecule has 3 aromatic rings. The van der Waals surface area contributed by atoms with Crippen LogP contribution in [0.2, 0.25) is 0 Å². The molecule has 2 aromatic carbocycles. The number of hydrogen-bond donors (Lipinski definition) is 1. The lowest BCUT2D eigenvalue weighted by Gasteiger charge is -2.25. The highest BCUT2D eigenvalue weighted by Crippen LogP contribution is 2.33. The van der Waals surface area contributed by atoms with E-state index in [1.54, 1.807) is 7.11 Å². The number of hydrogen-bond acceptors (Lipinski definition) is 5. The number of ether oxygens (including phenoxy) is 1. The molecule has 1 N–H and O–H groups in total. The van der Waals surface area contributed by atoms with Crippen LogP contribution in [0.25, 0.3) is 0 Å². The number of nitrogens with zero attached hydrogens (tertiary/aromatic N) is 4. The third-order valence-corrected chi connectivity index (χ3v) is 6.73. The maximum Gasteiger partial charge on any atom is 0.293 e. The summed E-state index contributed by atoms with van der Waals surface area (Å²) in [6, 6.07) is 16.2. The van der Waals surface area contributed by atoms with Gasteiger partial charge in [0.2, 0.25) is 5.82 Å². The summed E-state index contributed by atoms with van der Waals surface area (Å²) in [7, 11) is 1.62. The van der Waals surface area contributed by atoms with E-state index in [1.807, 2.05) is 28.8 Å². The molecule has 166 valence electrons. The summed E-state index contributed by atoms with van der Waals surface area (Å²) in [4.78, 5) is 15.4. The van der Waals surface area contributed by atoms with Crippen molar-refractivity contribution in [2.75, 3.05) is 25.5 Å². The molecular weight excluding hydrogens is 402 g/mol. The normalized spacial score (nSPS) is 19.9. The summed E-state index contributed by atoms with van der Waals surface area (Å²) in [6.45, 7) is 6.06. The van der Waals surface area contributed by atoms with Crippen molar-refractivity contribution >= 4 is 11.6 Å². The molecule has 0 spiro atoms. The molecule has 2 atom stereocenters. The number of carbonyl (C=O) groups excluding carboxylic acids is 1. The van der Waals surface area contributed by atoms with Crippen molar-refractivity contribution in [1.29, 1.82) is 0 Å². The molecule has 1 saturated heterocycles. The molecule has 2 aliphatic rings. The van der Waals surface area contributed by atoms with Gasteiger partial charge in [-0.25, -0.2) is 0 Å². The van der Waals surface area contributed by atoms with Crippen LogP contribution in [-0.2, 0) is 25.9 Å². The largest absolute Gasteiger partial charge is 0.497 e. The first kappa shape index (κ1) is 20.7. The SMILES string of the molecule is CCc1ccc(CN2C[C@H]3Cc4nnc(C(=O)Nc5ccc(OC)cc5)n4C[C@@H]3C2)cc1. The summed E-state index contributed by atoms with van der Waals surface area (Å²) in [5.74, 6) is 2.92. The molecule has 1 aromatic heterocycles. The van der Waals surface area contributed by atoms with Gasteiger partial charge in [-0.2, -0.15) is 0 Å². The summed E-state index contributed by atoms with van der Waals surface area (Å²) in [5.41, 5.74) is 3.45. The highest BCUT2D eigenvalue weighted by atomic mass is 16.5. The zero-order chi connectivity index (χ0) is 22.1. The maximum atomic E-state index is 12.9. The van der Waals surface area contributed by atoms with Gasteiger partial charge in [0.1, 0.15) is 11.6 Å². The molecule has 0 saturated carbocycles. The minimum absolute atomic E-state index is 0.224. The van der Waals surface area contributed by atoms with Crippen molar-refractivity contribution in [2.24, 2.45) is 11.8 Å². The van der Waals surface area contributed by atoms with Crippen molar-refractivity contribution in [3.8, 4) is 5.75 Å². The number of carbonyl (C=O) groups is 1. The van der Waals surface area contributed by atoms with Crippen LogP contribution in [0.5, 0.6) is 5.75 Å². The molecule has 32 heavy (non-hydrogen) atoms. The van der Waals surface area contributed by atoms with E-state index in [9.17, 15) is 4.79 Å². The number of amides is 1. The van der Waals surface area contributed by atoms with Crippen LogP contribution in [-0.4, -0.2) is 45.8 Å². The van der Waals surface area contributed by atoms with E-state index in [4.69, 9.17) is 4.74 Å². The number of methoxy groups -OCH3 is 1. The second kappa shape index (κ2) is 8.74. The first-order valence-corrected chi connectivity index (χ1v) is 11.3. The van der Waals surface area contributed by atoms with Crippen molar-refractivity contribution < 1.29 is 9.53 Å². The molecule has 0 radical (unpaired) electrons. The topological polar surface area (TPSA) is 72.3 Å². The lowest BCUT2D eigenvalue weighted by atomic mass is 9.89. The van der Waals surface area contributed by atoms with Crippen LogP contribution < -0.4 is 10.1 Å². The Morgan fingerprint density at radius 1 is 1.00 bits per heavy atom. The van der Waals surface area contributed by atoms with Crippen molar-refractivity contribution in [2.45, 2.75) is 32.9 Å². The molecule has 5 rings (SSSR count). The lowest BCUT2D eigenvalue weighted by Crippen LogP contribution is -2.31. The molecule has 7 heteroatoms. The Bertz CT molecular complexity index is 1090. The lowest BCUT2D eigenvalue weighted by molar-refractivity contribution is 0.100. The fourth-order valence-corrected chi connectivity index (χ4v) is 4.92. The van der Waals surface area contributed by atoms with Crippen LogP contribution in [0.1, 0.15) is 34.5 Å². The monoisotopic (exact) mass is 431 g/mol. The van der Waals surface area contributed by atoms with Gasteiger partial charge in [-0.15, -0.1) is 10.2 Å². The number of rotatable bonds is 6. The number of anilines is 1. The van der Waals surface area contributed by atoms with E-state index in [1.165, 1.54) is 11.1 Å². The summed E-state index contributed by atoms with van der Waals surface area (Å²) in [6.07, 6.45) is 1.95. The number of benzene rings is 2. The Hall–Kier alpha value is -3.19. The standard InChI is InChI=1S/C25H29N5O2/c1-3-17-4-6-18(7-5-17)13-29-14-19-12-23-27-28-24(30(23)16-20(19)15-29)25(31)26-21-8-10-22(32-2)11-9-21/h4-11,19-20H,3,12-16H2,1-2H3,(H,26,31)/t19-,20+/m1/s1. The van der Waals surface area contributed by atoms with Gasteiger partial charge in [-0.1, -0.05) is 31.2 Å². The summed E-state index contributed by atoms with van der Waals surface area (Å²) in [5, 5.41) is 11.5. The van der Waals surface area contributed by atoms with Gasteiger partial charge in [-0.05, 0) is 53.6 Å². The Morgan fingerprint density at radius 2 is 1.72 bits per heavy atom. The molecule has 0 aliphatic carbocycles. The molecule has 0 bridgehead atoms. The van der Waals surface area contributed by atoms with E-state index in [-0.39, 0.29) is 5.91 Å². The van der Waals surface area contributed by atoms with Gasteiger partial charge >= 0.3 is 0 Å². The van der Waals surface area contributed by atoms with Gasteiger partial charge in [0.05, 0.1) is 7.11 Å². The minimum atomic E-state index is -0.224. The van der Waals surface area contributed by atoms with Crippen molar-refractivity contribution in [3.05, 3.63) is 71.3 Å². The number of aryl methyl sites for hydroxylation is 1. The fraction of sp³-hybridized carbons (Fsp3) is 0.400. The van der Waals surface area contributed by atoms with Crippen LogP contribution in [0, 0.1) is 11.8 Å². The molecule has 1 fully saturated rings. The van der Waals surface area contributed by atoms with Gasteiger partial charge in [0.25, 0.3) is 5.91 Å². The smallest absolute Gasteiger partial charge is 0.293 e. The second-order valence-electron chi connectivity index (χ2n) is 8.82. The minimum Gasteiger partial charge on any atom is -0.497 e. The zero-order valence-corrected chi connectivity index (χ0v) is 18.6. The summed E-state index contributed by atoms with van der Waals surface area (Å²) < 4.78 is 7.19. The Labute approximate surface area is 188 Å². The predicted octanol–water partition coefficient (Wildman–Crippen LogP) is 3.41. The van der Waals surface area contributed by atoms with E-state index in [0.29, 0.717) is 23.3 Å². The number of nitrogens with one attached hydrogen (secondary N) is 1. The van der Waals surface area contributed by atoms with Crippen LogP contribution in [0.4, 0.5) is 5.69 Å². The Morgan fingerprint density at radius 3 is 2.44 bits per heavy atom. The Balaban J connectivity index is 1.24. The van der Waals surface area contributed by atoms with Gasteiger partial charge in [0.15, 0.2) is 0 Å². The highest BCUT2D eigenvalue weighted by molar-refractivity contribution is 6.01. The van der Waals surface area contributed by atoms with E-state index < -0.39 is 0 Å². The van der Waals surface area contributed by atoms with Crippen molar-refractivity contribution in [3.63, 3.8) is 0 Å². The molecule has 2 aliphatic heterocycles. The number of fused-ring (bicyclic) bond motifs is 2. The van der Waals surface area contributed by atoms with E-state index >= 15 is 0 Å². The number of likely N-dealkylation sites (tertiary alicyclic amines) is 1. The van der Waals surface area contributed by atoms with Crippen LogP contribution >= 0.6 is 0 Å². The average Bonchev–Trinajstić information content (AvgIpc) is 3.41.